The van der Waals surface area contributed by atoms with E-state index in [0.717, 1.165) is 6.42 Å². The average Bonchev–Trinajstić information content (AvgIpc) is 3.12. The first kappa shape index (κ1) is 22.4. The van der Waals surface area contributed by atoms with E-state index in [1.807, 2.05) is 0 Å². The predicted octanol–water partition coefficient (Wildman–Crippen LogP) is -1.82. The van der Waals surface area contributed by atoms with Crippen LogP contribution in [0, 0.1) is 0 Å². The zero-order valence-electron chi connectivity index (χ0n) is 15.3. The number of aliphatic carboxylic acids is 2. The van der Waals surface area contributed by atoms with Crippen molar-refractivity contribution < 1.29 is 34.2 Å². The molecule has 1 aliphatic heterocycles. The van der Waals surface area contributed by atoms with Gasteiger partial charge in [0.15, 0.2) is 0 Å². The fourth-order valence-corrected chi connectivity index (χ4v) is 2.50. The number of carbonyl (C=O) groups excluding carboxylic acids is 3. The van der Waals surface area contributed by atoms with Crippen LogP contribution in [0.2, 0.25) is 0 Å². The SMILES string of the molecule is CC(NC(=O)C(C)NC(=O)C(CCC(=O)O)NC(=O)C1CCCN1)C(=O)O. The first-order valence-electron chi connectivity index (χ1n) is 8.71. The van der Waals surface area contributed by atoms with Crippen molar-refractivity contribution in [3.05, 3.63) is 0 Å². The summed E-state index contributed by atoms with van der Waals surface area (Å²) >= 11 is 0. The van der Waals surface area contributed by atoms with Crippen LogP contribution in [0.4, 0.5) is 0 Å². The number of hydrogen-bond donors (Lipinski definition) is 6. The van der Waals surface area contributed by atoms with Crippen LogP contribution in [0.3, 0.4) is 0 Å². The van der Waals surface area contributed by atoms with Crippen molar-refractivity contribution in [1.82, 2.24) is 21.3 Å². The van der Waals surface area contributed by atoms with Crippen LogP contribution in [0.5, 0.6) is 0 Å². The minimum absolute atomic E-state index is 0.139. The highest BCUT2D eigenvalue weighted by molar-refractivity contribution is 5.94. The van der Waals surface area contributed by atoms with Gasteiger partial charge in [-0.1, -0.05) is 0 Å². The first-order chi connectivity index (χ1) is 12.6. The Bertz CT molecular complexity index is 589. The molecule has 11 nitrogen and oxygen atoms in total. The number of hydrogen-bond acceptors (Lipinski definition) is 6. The molecule has 152 valence electrons. The van der Waals surface area contributed by atoms with Crippen molar-refractivity contribution in [3.63, 3.8) is 0 Å². The van der Waals surface area contributed by atoms with Gasteiger partial charge in [0, 0.05) is 6.42 Å². The Hall–Kier alpha value is -2.69. The third-order valence-corrected chi connectivity index (χ3v) is 4.14. The van der Waals surface area contributed by atoms with Crippen LogP contribution in [0.1, 0.15) is 39.5 Å². The molecule has 4 atom stereocenters. The molecule has 0 radical (unpaired) electrons. The van der Waals surface area contributed by atoms with E-state index < -0.39 is 53.8 Å². The van der Waals surface area contributed by atoms with Crippen LogP contribution in [0.15, 0.2) is 0 Å². The summed E-state index contributed by atoms with van der Waals surface area (Å²) in [7, 11) is 0. The molecule has 0 bridgehead atoms. The molecule has 0 aromatic rings. The Labute approximate surface area is 156 Å². The monoisotopic (exact) mass is 386 g/mol. The highest BCUT2D eigenvalue weighted by atomic mass is 16.4. The number of carboxylic acid groups (broad SMARTS) is 2. The largest absolute Gasteiger partial charge is 0.481 e. The first-order valence-corrected chi connectivity index (χ1v) is 8.71. The third kappa shape index (κ3) is 7.60. The number of carbonyl (C=O) groups is 5. The van der Waals surface area contributed by atoms with Gasteiger partial charge in [0.25, 0.3) is 0 Å². The Morgan fingerprint density at radius 2 is 1.63 bits per heavy atom. The fraction of sp³-hybridized carbons (Fsp3) is 0.688. The van der Waals surface area contributed by atoms with Gasteiger partial charge in [-0.2, -0.15) is 0 Å². The molecule has 1 heterocycles. The van der Waals surface area contributed by atoms with Crippen LogP contribution < -0.4 is 21.3 Å². The second kappa shape index (κ2) is 10.5. The van der Waals surface area contributed by atoms with Crippen molar-refractivity contribution in [2.75, 3.05) is 6.54 Å². The summed E-state index contributed by atoms with van der Waals surface area (Å²) in [5.41, 5.74) is 0. The molecule has 0 saturated carbocycles. The van der Waals surface area contributed by atoms with Gasteiger partial charge in [0.2, 0.25) is 17.7 Å². The molecule has 11 heteroatoms. The predicted molar refractivity (Wildman–Crippen MR) is 92.7 cm³/mol. The van der Waals surface area contributed by atoms with Gasteiger partial charge in [-0.25, -0.2) is 0 Å². The van der Waals surface area contributed by atoms with E-state index in [0.29, 0.717) is 13.0 Å². The van der Waals surface area contributed by atoms with E-state index >= 15 is 0 Å². The Morgan fingerprint density at radius 3 is 2.15 bits per heavy atom. The lowest BCUT2D eigenvalue weighted by Gasteiger charge is -2.22. The molecule has 0 aliphatic carbocycles. The van der Waals surface area contributed by atoms with Crippen LogP contribution in [0.25, 0.3) is 0 Å². The number of nitrogens with one attached hydrogen (secondary N) is 4. The summed E-state index contributed by atoms with van der Waals surface area (Å²) < 4.78 is 0. The molecule has 6 N–H and O–H groups in total. The highest BCUT2D eigenvalue weighted by Gasteiger charge is 2.29. The van der Waals surface area contributed by atoms with Crippen molar-refractivity contribution in [3.8, 4) is 0 Å². The fourth-order valence-electron chi connectivity index (χ4n) is 2.50. The zero-order chi connectivity index (χ0) is 20.6. The lowest BCUT2D eigenvalue weighted by atomic mass is 10.1. The molecule has 1 saturated heterocycles. The van der Waals surface area contributed by atoms with Gasteiger partial charge in [-0.3, -0.25) is 24.0 Å². The van der Waals surface area contributed by atoms with Crippen molar-refractivity contribution in [2.45, 2.75) is 63.7 Å². The second-order valence-electron chi connectivity index (χ2n) is 6.44. The molecule has 1 fully saturated rings. The molecule has 0 aromatic carbocycles. The zero-order valence-corrected chi connectivity index (χ0v) is 15.3. The normalized spacial score (nSPS) is 19.4. The summed E-state index contributed by atoms with van der Waals surface area (Å²) in [5.74, 6) is -4.18. The summed E-state index contributed by atoms with van der Waals surface area (Å²) in [5, 5.41) is 27.7. The maximum atomic E-state index is 12.4. The highest BCUT2D eigenvalue weighted by Crippen LogP contribution is 2.07. The average molecular weight is 386 g/mol. The van der Waals surface area contributed by atoms with Gasteiger partial charge in [0.1, 0.15) is 18.1 Å². The maximum Gasteiger partial charge on any atom is 0.325 e. The van der Waals surface area contributed by atoms with Crippen LogP contribution in [-0.4, -0.2) is 70.6 Å². The molecular formula is C16H26N4O7. The Morgan fingerprint density at radius 1 is 1.00 bits per heavy atom. The Kier molecular flexibility index (Phi) is 8.66. The number of rotatable bonds is 10. The van der Waals surface area contributed by atoms with Gasteiger partial charge in [-0.15, -0.1) is 0 Å². The molecule has 0 spiro atoms. The smallest absolute Gasteiger partial charge is 0.325 e. The van der Waals surface area contributed by atoms with E-state index in [2.05, 4.69) is 21.3 Å². The number of amides is 3. The van der Waals surface area contributed by atoms with Crippen LogP contribution >= 0.6 is 0 Å². The Balaban J connectivity index is 2.67. The van der Waals surface area contributed by atoms with E-state index in [1.54, 1.807) is 0 Å². The van der Waals surface area contributed by atoms with Gasteiger partial charge >= 0.3 is 11.9 Å². The third-order valence-electron chi connectivity index (χ3n) is 4.14. The molecule has 27 heavy (non-hydrogen) atoms. The van der Waals surface area contributed by atoms with Crippen molar-refractivity contribution >= 4 is 29.7 Å². The molecular weight excluding hydrogens is 360 g/mol. The van der Waals surface area contributed by atoms with Crippen molar-refractivity contribution in [1.29, 1.82) is 0 Å². The summed E-state index contributed by atoms with van der Waals surface area (Å²) in [6.07, 6.45) is 0.959. The molecule has 4 unspecified atom stereocenters. The minimum atomic E-state index is -1.22. The topological polar surface area (TPSA) is 174 Å². The lowest BCUT2D eigenvalue weighted by molar-refractivity contribution is -0.141. The molecule has 0 aromatic heterocycles. The van der Waals surface area contributed by atoms with Gasteiger partial charge in [-0.05, 0) is 39.7 Å². The standard InChI is InChI=1S/C16H26N4O7/c1-8(13(23)19-9(2)16(26)27)18-15(25)11(5-6-12(21)22)20-14(24)10-4-3-7-17-10/h8-11,17H,3-7H2,1-2H3,(H,18,25)(H,19,23)(H,20,24)(H,21,22)(H,26,27). The van der Waals surface area contributed by atoms with E-state index in [-0.39, 0.29) is 12.8 Å². The second-order valence-corrected chi connectivity index (χ2v) is 6.44. The van der Waals surface area contributed by atoms with Crippen LogP contribution in [-0.2, 0) is 24.0 Å². The van der Waals surface area contributed by atoms with Gasteiger partial charge < -0.3 is 31.5 Å². The maximum absolute atomic E-state index is 12.4. The molecule has 3 amide bonds. The summed E-state index contributed by atoms with van der Waals surface area (Å²) in [4.78, 5) is 58.1. The van der Waals surface area contributed by atoms with Gasteiger partial charge in [0.05, 0.1) is 6.04 Å². The number of carboxylic acids is 2. The summed E-state index contributed by atoms with van der Waals surface area (Å²) in [6, 6.07) is -3.76. The quantitative estimate of drug-likeness (QED) is 0.254. The summed E-state index contributed by atoms with van der Waals surface area (Å²) in [6.45, 7) is 3.32. The van der Waals surface area contributed by atoms with E-state index in [4.69, 9.17) is 10.2 Å². The lowest BCUT2D eigenvalue weighted by Crippen LogP contribution is -2.56. The van der Waals surface area contributed by atoms with E-state index in [9.17, 15) is 24.0 Å². The molecule has 1 rings (SSSR count). The van der Waals surface area contributed by atoms with Crippen molar-refractivity contribution in [2.24, 2.45) is 0 Å². The molecule has 1 aliphatic rings. The minimum Gasteiger partial charge on any atom is -0.481 e. The van der Waals surface area contributed by atoms with E-state index in [1.165, 1.54) is 13.8 Å².